The molecule has 0 spiro atoms. The number of guanidine groups is 1. The molecule has 1 aromatic rings. The van der Waals surface area contributed by atoms with Gasteiger partial charge in [0.2, 0.25) is 0 Å². The van der Waals surface area contributed by atoms with E-state index in [-0.39, 0.29) is 6.10 Å². The molecule has 1 fully saturated rings. The molecule has 140 valence electrons. The Morgan fingerprint density at radius 2 is 2.24 bits per heavy atom. The molecular weight excluding hydrogens is 314 g/mol. The third-order valence-electron chi connectivity index (χ3n) is 4.15. The molecule has 6 nitrogen and oxygen atoms in total. The molecule has 2 N–H and O–H groups in total. The van der Waals surface area contributed by atoms with Crippen LogP contribution in [0.5, 0.6) is 0 Å². The number of aliphatic imine (C=N–C) groups is 1. The molecule has 25 heavy (non-hydrogen) atoms. The number of anilines is 1. The monoisotopic (exact) mass is 347 g/mol. The summed E-state index contributed by atoms with van der Waals surface area (Å²) in [4.78, 5) is 11.5. The van der Waals surface area contributed by atoms with Gasteiger partial charge in [-0.05, 0) is 37.8 Å². The fourth-order valence-corrected chi connectivity index (χ4v) is 2.72. The van der Waals surface area contributed by atoms with Gasteiger partial charge in [0.05, 0.1) is 19.3 Å². The minimum atomic E-state index is 0.263. The Morgan fingerprint density at radius 3 is 2.88 bits per heavy atom. The first-order chi connectivity index (χ1) is 12.1. The first-order valence-corrected chi connectivity index (χ1v) is 9.42. The van der Waals surface area contributed by atoms with E-state index in [4.69, 9.17) is 4.74 Å². The van der Waals surface area contributed by atoms with Crippen molar-refractivity contribution in [3.05, 3.63) is 23.9 Å². The van der Waals surface area contributed by atoms with Crippen LogP contribution in [0.25, 0.3) is 0 Å². The highest BCUT2D eigenvalue weighted by Crippen LogP contribution is 2.15. The predicted octanol–water partition coefficient (Wildman–Crippen LogP) is 2.41. The van der Waals surface area contributed by atoms with Crippen molar-refractivity contribution in [2.45, 2.75) is 46.8 Å². The maximum Gasteiger partial charge on any atom is 0.191 e. The molecule has 0 radical (unpaired) electrons. The van der Waals surface area contributed by atoms with Gasteiger partial charge in [0.15, 0.2) is 5.96 Å². The molecule has 0 aliphatic carbocycles. The lowest BCUT2D eigenvalue weighted by Gasteiger charge is -2.32. The van der Waals surface area contributed by atoms with E-state index in [0.717, 1.165) is 56.5 Å². The van der Waals surface area contributed by atoms with E-state index >= 15 is 0 Å². The number of nitrogens with zero attached hydrogens (tertiary/aromatic N) is 3. The highest BCUT2D eigenvalue weighted by Gasteiger charge is 2.17. The minimum absolute atomic E-state index is 0.263. The summed E-state index contributed by atoms with van der Waals surface area (Å²) in [5.74, 6) is 2.58. The third-order valence-corrected chi connectivity index (χ3v) is 4.15. The van der Waals surface area contributed by atoms with E-state index < -0.39 is 0 Å². The van der Waals surface area contributed by atoms with Gasteiger partial charge in [-0.1, -0.05) is 19.9 Å². The van der Waals surface area contributed by atoms with Gasteiger partial charge >= 0.3 is 0 Å². The molecule has 1 atom stereocenters. The Kier molecular flexibility index (Phi) is 7.98. The van der Waals surface area contributed by atoms with Gasteiger partial charge in [0.1, 0.15) is 5.82 Å². The standard InChI is InChI=1S/C19H33N5O/c1-5-20-19(21-9-8-15(2)3)23-13-17-6-7-18(22-12-17)24-10-11-25-16(4)14-24/h6-7,12,15-16H,5,8-11,13-14H2,1-4H3,(H2,20,21,23). The number of nitrogens with one attached hydrogen (secondary N) is 2. The molecule has 0 saturated carbocycles. The van der Waals surface area contributed by atoms with Gasteiger partial charge < -0.3 is 20.3 Å². The average molecular weight is 348 g/mol. The van der Waals surface area contributed by atoms with Gasteiger partial charge in [-0.25, -0.2) is 9.98 Å². The van der Waals surface area contributed by atoms with Crippen LogP contribution in [-0.2, 0) is 11.3 Å². The van der Waals surface area contributed by atoms with Crippen molar-refractivity contribution < 1.29 is 4.74 Å². The van der Waals surface area contributed by atoms with Crippen molar-refractivity contribution in [1.29, 1.82) is 0 Å². The Balaban J connectivity index is 1.89. The van der Waals surface area contributed by atoms with E-state index in [2.05, 4.69) is 65.3 Å². The van der Waals surface area contributed by atoms with Crippen LogP contribution in [0.2, 0.25) is 0 Å². The van der Waals surface area contributed by atoms with Crippen LogP contribution in [0.3, 0.4) is 0 Å². The van der Waals surface area contributed by atoms with Gasteiger partial charge in [0, 0.05) is 32.4 Å². The summed E-state index contributed by atoms with van der Waals surface area (Å²) in [6.45, 7) is 13.6. The maximum absolute atomic E-state index is 5.59. The van der Waals surface area contributed by atoms with Gasteiger partial charge in [-0.2, -0.15) is 0 Å². The topological polar surface area (TPSA) is 61.8 Å². The van der Waals surface area contributed by atoms with Gasteiger partial charge in [-0.3, -0.25) is 0 Å². The van der Waals surface area contributed by atoms with Crippen molar-refractivity contribution in [3.63, 3.8) is 0 Å². The molecule has 2 rings (SSSR count). The van der Waals surface area contributed by atoms with Crippen LogP contribution >= 0.6 is 0 Å². The fraction of sp³-hybridized carbons (Fsp3) is 0.684. The number of hydrogen-bond donors (Lipinski definition) is 2. The van der Waals surface area contributed by atoms with E-state index in [1.165, 1.54) is 0 Å². The Bertz CT molecular complexity index is 529. The largest absolute Gasteiger partial charge is 0.375 e. The summed E-state index contributed by atoms with van der Waals surface area (Å²) in [6.07, 6.45) is 3.33. The SMILES string of the molecule is CCNC(=NCc1ccc(N2CCOC(C)C2)nc1)NCCC(C)C. The van der Waals surface area contributed by atoms with Crippen LogP contribution < -0.4 is 15.5 Å². The number of aromatic nitrogens is 1. The zero-order chi connectivity index (χ0) is 18.1. The van der Waals surface area contributed by atoms with Crippen LogP contribution in [0.15, 0.2) is 23.3 Å². The van der Waals surface area contributed by atoms with Crippen molar-refractivity contribution >= 4 is 11.8 Å². The molecule has 1 unspecified atom stereocenters. The Morgan fingerprint density at radius 1 is 1.40 bits per heavy atom. The second-order valence-corrected chi connectivity index (χ2v) is 6.96. The van der Waals surface area contributed by atoms with Crippen LogP contribution in [0.1, 0.15) is 39.7 Å². The van der Waals surface area contributed by atoms with Gasteiger partial charge in [-0.15, -0.1) is 0 Å². The number of rotatable bonds is 7. The van der Waals surface area contributed by atoms with Crippen molar-refractivity contribution in [1.82, 2.24) is 15.6 Å². The number of pyridine rings is 1. The molecule has 2 heterocycles. The molecular formula is C19H33N5O. The highest BCUT2D eigenvalue weighted by atomic mass is 16.5. The first kappa shape index (κ1) is 19.5. The number of hydrogen-bond acceptors (Lipinski definition) is 4. The van der Waals surface area contributed by atoms with E-state index in [9.17, 15) is 0 Å². The second kappa shape index (κ2) is 10.2. The van der Waals surface area contributed by atoms with Crippen molar-refractivity contribution in [2.24, 2.45) is 10.9 Å². The zero-order valence-electron chi connectivity index (χ0n) is 16.1. The summed E-state index contributed by atoms with van der Waals surface area (Å²) in [5, 5.41) is 6.68. The highest BCUT2D eigenvalue weighted by molar-refractivity contribution is 5.79. The summed E-state index contributed by atoms with van der Waals surface area (Å²) < 4.78 is 5.59. The average Bonchev–Trinajstić information content (AvgIpc) is 2.60. The second-order valence-electron chi connectivity index (χ2n) is 6.96. The minimum Gasteiger partial charge on any atom is -0.375 e. The van der Waals surface area contributed by atoms with E-state index in [1.54, 1.807) is 0 Å². The maximum atomic E-state index is 5.59. The molecule has 1 aliphatic heterocycles. The van der Waals surface area contributed by atoms with Crippen LogP contribution in [0, 0.1) is 5.92 Å². The lowest BCUT2D eigenvalue weighted by atomic mass is 10.1. The van der Waals surface area contributed by atoms with E-state index in [0.29, 0.717) is 12.5 Å². The molecule has 0 aromatic carbocycles. The smallest absolute Gasteiger partial charge is 0.191 e. The van der Waals surface area contributed by atoms with Crippen LogP contribution in [0.4, 0.5) is 5.82 Å². The molecule has 0 amide bonds. The molecule has 6 heteroatoms. The fourth-order valence-electron chi connectivity index (χ4n) is 2.72. The zero-order valence-corrected chi connectivity index (χ0v) is 16.1. The molecule has 0 bridgehead atoms. The predicted molar refractivity (Wildman–Crippen MR) is 104 cm³/mol. The van der Waals surface area contributed by atoms with Crippen LogP contribution in [-0.4, -0.2) is 49.8 Å². The summed E-state index contributed by atoms with van der Waals surface area (Å²) >= 11 is 0. The summed E-state index contributed by atoms with van der Waals surface area (Å²) in [5.41, 5.74) is 1.12. The number of morpholine rings is 1. The molecule has 1 aliphatic rings. The normalized spacial score (nSPS) is 18.5. The Labute approximate surface area is 152 Å². The molecule has 1 saturated heterocycles. The van der Waals surface area contributed by atoms with E-state index in [1.807, 2.05) is 6.20 Å². The lowest BCUT2D eigenvalue weighted by molar-refractivity contribution is 0.0529. The molecule has 1 aromatic heterocycles. The van der Waals surface area contributed by atoms with Crippen molar-refractivity contribution in [3.8, 4) is 0 Å². The van der Waals surface area contributed by atoms with Gasteiger partial charge in [0.25, 0.3) is 0 Å². The number of ether oxygens (including phenoxy) is 1. The van der Waals surface area contributed by atoms with Crippen molar-refractivity contribution in [2.75, 3.05) is 37.7 Å². The first-order valence-electron chi connectivity index (χ1n) is 9.42. The lowest BCUT2D eigenvalue weighted by Crippen LogP contribution is -2.41. The summed E-state index contributed by atoms with van der Waals surface area (Å²) in [6, 6.07) is 4.20. The third kappa shape index (κ3) is 6.90. The Hall–Kier alpha value is -1.82. The summed E-state index contributed by atoms with van der Waals surface area (Å²) in [7, 11) is 0. The quantitative estimate of drug-likeness (QED) is 0.586.